The first-order valence-electron chi connectivity index (χ1n) is 7.53. The maximum Gasteiger partial charge on any atom is 0.164 e. The van der Waals surface area contributed by atoms with Gasteiger partial charge in [0.2, 0.25) is 0 Å². The minimum atomic E-state index is 0.262. The molecule has 0 N–H and O–H groups in total. The van der Waals surface area contributed by atoms with Crippen LogP contribution in [0.5, 0.6) is 0 Å². The summed E-state index contributed by atoms with van der Waals surface area (Å²) in [6.07, 6.45) is 10.9. The molecule has 106 valence electrons. The van der Waals surface area contributed by atoms with Gasteiger partial charge in [-0.05, 0) is 12.5 Å². The fourth-order valence-electron chi connectivity index (χ4n) is 2.24. The van der Waals surface area contributed by atoms with Crippen LogP contribution in [0.2, 0.25) is 0 Å². The van der Waals surface area contributed by atoms with Crippen LogP contribution in [0.3, 0.4) is 0 Å². The van der Waals surface area contributed by atoms with Gasteiger partial charge in [-0.1, -0.05) is 86.0 Å². The van der Waals surface area contributed by atoms with Crippen molar-refractivity contribution in [3.8, 4) is 0 Å². The Kier molecular flexibility index (Phi) is 8.81. The van der Waals surface area contributed by atoms with E-state index in [0.29, 0.717) is 6.42 Å². The number of benzene rings is 1. The van der Waals surface area contributed by atoms with Gasteiger partial charge in [-0.3, -0.25) is 4.79 Å². The first-order chi connectivity index (χ1) is 9.25. The normalized spacial score (nSPS) is 10.6. The van der Waals surface area contributed by atoms with Gasteiger partial charge < -0.3 is 0 Å². The van der Waals surface area contributed by atoms with Crippen LogP contribution in [-0.4, -0.2) is 5.78 Å². The summed E-state index contributed by atoms with van der Waals surface area (Å²) in [6, 6.07) is 7.70. The van der Waals surface area contributed by atoms with Gasteiger partial charge in [0, 0.05) is 16.5 Å². The number of unbranched alkanes of at least 4 members (excludes halogenated alkanes) is 7. The van der Waals surface area contributed by atoms with E-state index in [0.717, 1.165) is 16.5 Å². The van der Waals surface area contributed by atoms with Crippen molar-refractivity contribution in [2.45, 2.75) is 64.7 Å². The minimum absolute atomic E-state index is 0.262. The van der Waals surface area contributed by atoms with Crippen LogP contribution in [-0.2, 0) is 0 Å². The van der Waals surface area contributed by atoms with Gasteiger partial charge in [0.1, 0.15) is 0 Å². The Morgan fingerprint density at radius 2 is 1.53 bits per heavy atom. The molecule has 0 radical (unpaired) electrons. The van der Waals surface area contributed by atoms with E-state index in [2.05, 4.69) is 22.9 Å². The molecule has 1 rings (SSSR count). The molecule has 0 saturated carbocycles. The number of rotatable bonds is 10. The number of hydrogen-bond donors (Lipinski definition) is 0. The fraction of sp³-hybridized carbons (Fsp3) is 0.588. The molecule has 0 bridgehead atoms. The number of carbonyl (C=O) groups is 1. The van der Waals surface area contributed by atoms with Crippen molar-refractivity contribution in [2.24, 2.45) is 0 Å². The van der Waals surface area contributed by atoms with E-state index in [1.54, 1.807) is 0 Å². The van der Waals surface area contributed by atoms with Crippen molar-refractivity contribution in [3.63, 3.8) is 0 Å². The zero-order valence-electron chi connectivity index (χ0n) is 12.0. The van der Waals surface area contributed by atoms with Gasteiger partial charge in [0.15, 0.2) is 5.78 Å². The summed E-state index contributed by atoms with van der Waals surface area (Å²) in [7, 11) is 0. The molecular weight excluding hydrogens is 300 g/mol. The van der Waals surface area contributed by atoms with Crippen molar-refractivity contribution < 1.29 is 4.79 Å². The average Bonchev–Trinajstić information content (AvgIpc) is 2.42. The Bertz CT molecular complexity index is 373. The van der Waals surface area contributed by atoms with Crippen molar-refractivity contribution in [2.75, 3.05) is 0 Å². The highest BCUT2D eigenvalue weighted by Gasteiger charge is 2.08. The summed E-state index contributed by atoms with van der Waals surface area (Å²) in [6.45, 7) is 2.24. The lowest BCUT2D eigenvalue weighted by atomic mass is 10.0. The van der Waals surface area contributed by atoms with Crippen LogP contribution >= 0.6 is 15.9 Å². The van der Waals surface area contributed by atoms with Crippen molar-refractivity contribution in [3.05, 3.63) is 34.3 Å². The first-order valence-corrected chi connectivity index (χ1v) is 8.32. The second-order valence-corrected chi connectivity index (χ2v) is 5.98. The number of hydrogen-bond acceptors (Lipinski definition) is 1. The molecule has 1 nitrogen and oxygen atoms in total. The van der Waals surface area contributed by atoms with Crippen LogP contribution in [0, 0.1) is 0 Å². The Hall–Kier alpha value is -0.630. The molecule has 0 aliphatic carbocycles. The summed E-state index contributed by atoms with van der Waals surface area (Å²) in [5.74, 6) is 0.262. The molecule has 0 aliphatic rings. The standard InChI is InChI=1S/C17H25BrO/c1-2-3-4-5-6-7-8-9-14-17(19)15-12-10-11-13-16(15)18/h10-13H,2-9,14H2,1H3. The summed E-state index contributed by atoms with van der Waals surface area (Å²) in [5.41, 5.74) is 0.824. The van der Waals surface area contributed by atoms with E-state index in [4.69, 9.17) is 0 Å². The molecule has 19 heavy (non-hydrogen) atoms. The largest absolute Gasteiger partial charge is 0.294 e. The van der Waals surface area contributed by atoms with Gasteiger partial charge >= 0.3 is 0 Å². The maximum atomic E-state index is 12.0. The molecule has 0 aliphatic heterocycles. The third-order valence-electron chi connectivity index (χ3n) is 3.43. The van der Waals surface area contributed by atoms with Gasteiger partial charge in [0.25, 0.3) is 0 Å². The van der Waals surface area contributed by atoms with Crippen molar-refractivity contribution in [1.29, 1.82) is 0 Å². The molecule has 0 unspecified atom stereocenters. The molecule has 0 spiro atoms. The number of carbonyl (C=O) groups excluding carboxylic acids is 1. The molecule has 0 atom stereocenters. The highest BCUT2D eigenvalue weighted by Crippen LogP contribution is 2.19. The maximum absolute atomic E-state index is 12.0. The molecular formula is C17H25BrO. The Labute approximate surface area is 125 Å². The Morgan fingerprint density at radius 3 is 2.16 bits per heavy atom. The SMILES string of the molecule is CCCCCCCCCCC(=O)c1ccccc1Br. The summed E-state index contributed by atoms with van der Waals surface area (Å²) >= 11 is 3.43. The van der Waals surface area contributed by atoms with Gasteiger partial charge in [-0.25, -0.2) is 0 Å². The van der Waals surface area contributed by atoms with Gasteiger partial charge in [-0.15, -0.1) is 0 Å². The lowest BCUT2D eigenvalue weighted by Gasteiger charge is -2.04. The van der Waals surface area contributed by atoms with Crippen LogP contribution in [0.15, 0.2) is 28.7 Å². The van der Waals surface area contributed by atoms with E-state index in [9.17, 15) is 4.79 Å². The molecule has 0 saturated heterocycles. The molecule has 0 heterocycles. The van der Waals surface area contributed by atoms with E-state index in [1.165, 1.54) is 44.9 Å². The molecule has 1 aromatic rings. The zero-order valence-corrected chi connectivity index (χ0v) is 13.5. The van der Waals surface area contributed by atoms with Crippen molar-refractivity contribution >= 4 is 21.7 Å². The first kappa shape index (κ1) is 16.4. The van der Waals surface area contributed by atoms with Gasteiger partial charge in [-0.2, -0.15) is 0 Å². The van der Waals surface area contributed by atoms with E-state index in [1.807, 2.05) is 24.3 Å². The smallest absolute Gasteiger partial charge is 0.164 e. The average molecular weight is 325 g/mol. The van der Waals surface area contributed by atoms with Crippen LogP contribution in [0.25, 0.3) is 0 Å². The van der Waals surface area contributed by atoms with Crippen LogP contribution in [0.1, 0.15) is 75.1 Å². The second kappa shape index (κ2) is 10.2. The highest BCUT2D eigenvalue weighted by molar-refractivity contribution is 9.10. The van der Waals surface area contributed by atoms with Crippen molar-refractivity contribution in [1.82, 2.24) is 0 Å². The van der Waals surface area contributed by atoms with Gasteiger partial charge in [0.05, 0.1) is 0 Å². The Balaban J connectivity index is 2.10. The molecule has 1 aromatic carbocycles. The van der Waals surface area contributed by atoms with E-state index >= 15 is 0 Å². The molecule has 0 aromatic heterocycles. The second-order valence-electron chi connectivity index (χ2n) is 5.13. The van der Waals surface area contributed by atoms with Crippen LogP contribution < -0.4 is 0 Å². The number of Topliss-reactive ketones (excluding diaryl/α,β-unsaturated/α-hetero) is 1. The molecule has 2 heteroatoms. The summed E-state index contributed by atoms with van der Waals surface area (Å²) in [4.78, 5) is 12.0. The quantitative estimate of drug-likeness (QED) is 0.372. The summed E-state index contributed by atoms with van der Waals surface area (Å²) < 4.78 is 0.916. The molecule has 0 amide bonds. The predicted molar refractivity (Wildman–Crippen MR) is 85.7 cm³/mol. The monoisotopic (exact) mass is 324 g/mol. The summed E-state index contributed by atoms with van der Waals surface area (Å²) in [5, 5.41) is 0. The lowest BCUT2D eigenvalue weighted by molar-refractivity contribution is 0.0978. The third kappa shape index (κ3) is 6.91. The minimum Gasteiger partial charge on any atom is -0.294 e. The third-order valence-corrected chi connectivity index (χ3v) is 4.12. The van der Waals surface area contributed by atoms with Crippen LogP contribution in [0.4, 0.5) is 0 Å². The highest BCUT2D eigenvalue weighted by atomic mass is 79.9. The predicted octanol–water partition coefficient (Wildman–Crippen LogP) is 6.16. The fourth-order valence-corrected chi connectivity index (χ4v) is 2.75. The Morgan fingerprint density at radius 1 is 0.947 bits per heavy atom. The van der Waals surface area contributed by atoms with E-state index < -0.39 is 0 Å². The topological polar surface area (TPSA) is 17.1 Å². The number of ketones is 1. The number of halogens is 1. The van der Waals surface area contributed by atoms with E-state index in [-0.39, 0.29) is 5.78 Å². The zero-order chi connectivity index (χ0) is 13.9. The lowest BCUT2D eigenvalue weighted by Crippen LogP contribution is -1.99. The molecule has 0 fully saturated rings.